The number of halogens is 1. The summed E-state index contributed by atoms with van der Waals surface area (Å²) in [6, 6.07) is -0.0695. The van der Waals surface area contributed by atoms with Gasteiger partial charge in [0.25, 0.3) is 0 Å². The Morgan fingerprint density at radius 2 is 2.50 bits per heavy atom. The first kappa shape index (κ1) is 9.46. The summed E-state index contributed by atoms with van der Waals surface area (Å²) in [5.41, 5.74) is 6.71. The third-order valence-corrected chi connectivity index (χ3v) is 0.809. The predicted molar refractivity (Wildman–Crippen MR) is 43.1 cm³/mol. The molecule has 0 fully saturated rings. The molecule has 0 aromatic carbocycles. The van der Waals surface area contributed by atoms with E-state index >= 15 is 0 Å². The monoisotopic (exact) mass is 162 g/mol. The Morgan fingerprint density at radius 3 is 3.00 bits per heavy atom. The molecule has 0 rings (SSSR count). The van der Waals surface area contributed by atoms with Crippen LogP contribution in [0, 0.1) is 0 Å². The largest absolute Gasteiger partial charge is 0.392 e. The highest BCUT2D eigenvalue weighted by Gasteiger charge is 1.82. The molecule has 0 aromatic heterocycles. The quantitative estimate of drug-likeness (QED) is 0.382. The summed E-state index contributed by atoms with van der Waals surface area (Å²) in [6.07, 6.45) is 3.15. The van der Waals surface area contributed by atoms with Gasteiger partial charge in [0.05, 0.1) is 6.21 Å². The molecule has 0 saturated carbocycles. The van der Waals surface area contributed by atoms with Crippen LogP contribution in [0.15, 0.2) is 16.8 Å². The molecule has 0 heterocycles. The number of nitrogens with zero attached hydrogens (tertiary/aromatic N) is 1. The SMILES string of the molecule is CC(N)C=NOCC=CCl. The molecule has 4 heteroatoms. The smallest absolute Gasteiger partial charge is 0.136 e. The normalized spacial score (nSPS) is 14.7. The molecule has 10 heavy (non-hydrogen) atoms. The second kappa shape index (κ2) is 6.58. The van der Waals surface area contributed by atoms with E-state index in [-0.39, 0.29) is 6.04 Å². The van der Waals surface area contributed by atoms with Gasteiger partial charge < -0.3 is 10.6 Å². The maximum Gasteiger partial charge on any atom is 0.136 e. The van der Waals surface area contributed by atoms with Gasteiger partial charge in [-0.05, 0) is 13.0 Å². The van der Waals surface area contributed by atoms with Gasteiger partial charge in [-0.2, -0.15) is 0 Å². The summed E-state index contributed by atoms with van der Waals surface area (Å²) in [5, 5.41) is 3.55. The Hall–Kier alpha value is -0.540. The van der Waals surface area contributed by atoms with Crippen molar-refractivity contribution >= 4 is 17.8 Å². The molecule has 0 radical (unpaired) electrons. The number of hydrogen-bond donors (Lipinski definition) is 1. The molecule has 0 aliphatic heterocycles. The van der Waals surface area contributed by atoms with E-state index in [4.69, 9.17) is 22.2 Å². The summed E-state index contributed by atoms with van der Waals surface area (Å²) in [6.45, 7) is 2.19. The number of rotatable bonds is 4. The lowest BCUT2D eigenvalue weighted by atomic mass is 10.4. The van der Waals surface area contributed by atoms with Crippen LogP contribution in [-0.2, 0) is 4.84 Å². The van der Waals surface area contributed by atoms with E-state index in [1.54, 1.807) is 6.08 Å². The maximum absolute atomic E-state index is 5.33. The lowest BCUT2D eigenvalue weighted by Gasteiger charge is -1.93. The molecule has 3 nitrogen and oxygen atoms in total. The molecule has 1 atom stereocenters. The Kier molecular flexibility index (Phi) is 6.22. The molecule has 2 N–H and O–H groups in total. The molecular formula is C6H11ClN2O. The van der Waals surface area contributed by atoms with E-state index in [0.717, 1.165) is 0 Å². The molecule has 0 aliphatic rings. The van der Waals surface area contributed by atoms with Crippen molar-refractivity contribution in [1.29, 1.82) is 0 Å². The number of hydrogen-bond acceptors (Lipinski definition) is 3. The highest BCUT2D eigenvalue weighted by Crippen LogP contribution is 1.81. The maximum atomic E-state index is 5.33. The first-order valence-electron chi connectivity index (χ1n) is 2.93. The predicted octanol–water partition coefficient (Wildman–Crippen LogP) is 1.09. The first-order chi connectivity index (χ1) is 4.77. The lowest BCUT2D eigenvalue weighted by Crippen LogP contribution is -2.16. The Morgan fingerprint density at radius 1 is 1.80 bits per heavy atom. The van der Waals surface area contributed by atoms with E-state index < -0.39 is 0 Å². The van der Waals surface area contributed by atoms with Crippen LogP contribution in [0.5, 0.6) is 0 Å². The summed E-state index contributed by atoms with van der Waals surface area (Å²) < 4.78 is 0. The van der Waals surface area contributed by atoms with E-state index in [1.165, 1.54) is 11.7 Å². The fraction of sp³-hybridized carbons (Fsp3) is 0.500. The van der Waals surface area contributed by atoms with E-state index in [2.05, 4.69) is 5.16 Å². The standard InChI is InChI=1S/C6H11ClN2O/c1-6(8)5-9-10-4-2-3-7/h2-3,5-6H,4,8H2,1H3. The van der Waals surface area contributed by atoms with Gasteiger partial charge in [0, 0.05) is 11.6 Å². The van der Waals surface area contributed by atoms with Crippen LogP contribution in [0.4, 0.5) is 0 Å². The van der Waals surface area contributed by atoms with Gasteiger partial charge in [0.2, 0.25) is 0 Å². The minimum absolute atomic E-state index is 0.0695. The van der Waals surface area contributed by atoms with Crippen molar-refractivity contribution in [2.45, 2.75) is 13.0 Å². The van der Waals surface area contributed by atoms with E-state index in [1.807, 2.05) is 6.92 Å². The van der Waals surface area contributed by atoms with Crippen LogP contribution < -0.4 is 5.73 Å². The third-order valence-electron chi connectivity index (χ3n) is 0.630. The van der Waals surface area contributed by atoms with Gasteiger partial charge in [-0.3, -0.25) is 0 Å². The topological polar surface area (TPSA) is 47.6 Å². The van der Waals surface area contributed by atoms with Crippen LogP contribution in [0.2, 0.25) is 0 Å². The molecule has 0 bridgehead atoms. The highest BCUT2D eigenvalue weighted by atomic mass is 35.5. The van der Waals surface area contributed by atoms with Crippen molar-refractivity contribution in [3.8, 4) is 0 Å². The lowest BCUT2D eigenvalue weighted by molar-refractivity contribution is 0.175. The van der Waals surface area contributed by atoms with Gasteiger partial charge in [-0.1, -0.05) is 16.8 Å². The first-order valence-corrected chi connectivity index (χ1v) is 3.37. The molecule has 58 valence electrons. The third kappa shape index (κ3) is 7.46. The van der Waals surface area contributed by atoms with Crippen molar-refractivity contribution in [3.05, 3.63) is 11.6 Å². The molecular weight excluding hydrogens is 152 g/mol. The summed E-state index contributed by atoms with van der Waals surface area (Å²) in [5.74, 6) is 0. The van der Waals surface area contributed by atoms with Crippen LogP contribution >= 0.6 is 11.6 Å². The fourth-order valence-electron chi connectivity index (χ4n) is 0.261. The van der Waals surface area contributed by atoms with Crippen molar-refractivity contribution in [2.75, 3.05) is 6.61 Å². The molecule has 0 amide bonds. The van der Waals surface area contributed by atoms with Crippen LogP contribution in [-0.4, -0.2) is 18.9 Å². The zero-order valence-electron chi connectivity index (χ0n) is 5.83. The Balaban J connectivity index is 3.18. The van der Waals surface area contributed by atoms with Crippen molar-refractivity contribution in [3.63, 3.8) is 0 Å². The Bertz CT molecular complexity index is 123. The summed E-state index contributed by atoms with van der Waals surface area (Å²) in [4.78, 5) is 4.70. The van der Waals surface area contributed by atoms with E-state index in [9.17, 15) is 0 Å². The zero-order valence-corrected chi connectivity index (χ0v) is 6.58. The van der Waals surface area contributed by atoms with Gasteiger partial charge in [-0.25, -0.2) is 0 Å². The minimum Gasteiger partial charge on any atom is -0.392 e. The fourth-order valence-corrected chi connectivity index (χ4v) is 0.334. The zero-order chi connectivity index (χ0) is 7.82. The van der Waals surface area contributed by atoms with Gasteiger partial charge in [0.15, 0.2) is 0 Å². The van der Waals surface area contributed by atoms with Crippen molar-refractivity contribution in [1.82, 2.24) is 0 Å². The second-order valence-corrected chi connectivity index (χ2v) is 2.02. The molecule has 0 aliphatic carbocycles. The van der Waals surface area contributed by atoms with Gasteiger partial charge in [-0.15, -0.1) is 0 Å². The van der Waals surface area contributed by atoms with Gasteiger partial charge >= 0.3 is 0 Å². The molecule has 0 aromatic rings. The minimum atomic E-state index is -0.0695. The van der Waals surface area contributed by atoms with E-state index in [0.29, 0.717) is 6.61 Å². The van der Waals surface area contributed by atoms with Gasteiger partial charge in [0.1, 0.15) is 6.61 Å². The van der Waals surface area contributed by atoms with Crippen LogP contribution in [0.25, 0.3) is 0 Å². The average Bonchev–Trinajstić information content (AvgIpc) is 1.87. The second-order valence-electron chi connectivity index (χ2n) is 1.77. The molecule has 0 spiro atoms. The summed E-state index contributed by atoms with van der Waals surface area (Å²) >= 11 is 5.21. The molecule has 1 unspecified atom stereocenters. The highest BCUT2D eigenvalue weighted by molar-refractivity contribution is 6.25. The average molecular weight is 163 g/mol. The van der Waals surface area contributed by atoms with Crippen LogP contribution in [0.3, 0.4) is 0 Å². The number of oxime groups is 1. The Labute approximate surface area is 65.5 Å². The van der Waals surface area contributed by atoms with Crippen LogP contribution in [0.1, 0.15) is 6.92 Å². The van der Waals surface area contributed by atoms with Crippen molar-refractivity contribution in [2.24, 2.45) is 10.9 Å². The number of nitrogens with two attached hydrogens (primary N) is 1. The molecule has 0 saturated heterocycles. The summed E-state index contributed by atoms with van der Waals surface area (Å²) in [7, 11) is 0. The van der Waals surface area contributed by atoms with Crippen molar-refractivity contribution < 1.29 is 4.84 Å².